The van der Waals surface area contributed by atoms with E-state index in [-0.39, 0.29) is 5.97 Å². The van der Waals surface area contributed by atoms with Gasteiger partial charge in [-0.2, -0.15) is 10.2 Å². The highest BCUT2D eigenvalue weighted by molar-refractivity contribution is 7.27. The SMILES string of the molecule is CCCn1c(C(=O)OC)c(C)c2c(-c3c(C)c(C)nn3CCCc3cc(CCc4cc(C)c5ccc(P)cc5c4)n(C)n3)c(Cl)ccc21. The number of nitrogens with zero attached hydrogens (tertiary/aromatic N) is 5. The van der Waals surface area contributed by atoms with Crippen molar-refractivity contribution in [1.29, 1.82) is 0 Å². The predicted octanol–water partition coefficient (Wildman–Crippen LogP) is 8.39. The van der Waals surface area contributed by atoms with Gasteiger partial charge in [0.2, 0.25) is 0 Å². The molecule has 0 aliphatic carbocycles. The second-order valence-electron chi connectivity index (χ2n) is 13.0. The van der Waals surface area contributed by atoms with Gasteiger partial charge >= 0.3 is 5.97 Å². The first-order valence-electron chi connectivity index (χ1n) is 16.8. The van der Waals surface area contributed by atoms with Crippen LogP contribution in [0.15, 0.2) is 48.5 Å². The lowest BCUT2D eigenvalue weighted by Crippen LogP contribution is -2.11. The molecule has 0 amide bonds. The van der Waals surface area contributed by atoms with E-state index in [0.717, 1.165) is 83.3 Å². The van der Waals surface area contributed by atoms with Crippen LogP contribution in [-0.4, -0.2) is 37.2 Å². The van der Waals surface area contributed by atoms with E-state index in [1.54, 1.807) is 0 Å². The Bertz CT molecular complexity index is 2170. The first-order valence-corrected chi connectivity index (χ1v) is 17.7. The summed E-state index contributed by atoms with van der Waals surface area (Å²) in [5.74, 6) is -0.336. The molecule has 0 saturated carbocycles. The molecule has 6 rings (SSSR count). The van der Waals surface area contributed by atoms with Crippen LogP contribution in [0.5, 0.6) is 0 Å². The van der Waals surface area contributed by atoms with Gasteiger partial charge in [0.05, 0.1) is 29.2 Å². The number of methoxy groups -OCH3 is 1. The van der Waals surface area contributed by atoms with Crippen LogP contribution in [0.1, 0.15) is 69.6 Å². The van der Waals surface area contributed by atoms with Crippen LogP contribution in [0.3, 0.4) is 0 Å². The van der Waals surface area contributed by atoms with E-state index in [1.807, 2.05) is 37.7 Å². The van der Waals surface area contributed by atoms with Gasteiger partial charge in [-0.1, -0.05) is 42.8 Å². The Hall–Kier alpha value is -3.93. The van der Waals surface area contributed by atoms with Gasteiger partial charge in [0.25, 0.3) is 0 Å². The number of benzene rings is 3. The van der Waals surface area contributed by atoms with Gasteiger partial charge in [-0.15, -0.1) is 9.24 Å². The van der Waals surface area contributed by atoms with E-state index >= 15 is 0 Å². The highest BCUT2D eigenvalue weighted by atomic mass is 35.5. The largest absolute Gasteiger partial charge is 0.464 e. The molecule has 0 spiro atoms. The number of ether oxygens (including phenoxy) is 1. The average molecular weight is 682 g/mol. The number of halogens is 1. The normalized spacial score (nSPS) is 11.7. The van der Waals surface area contributed by atoms with Crippen molar-refractivity contribution in [1.82, 2.24) is 24.1 Å². The third-order valence-electron chi connectivity index (χ3n) is 9.66. The molecule has 3 aromatic carbocycles. The molecule has 0 aliphatic rings. The standard InChI is InChI=1S/C39H45ClN5O2P/c1-8-17-44-34-16-15-33(40)36(35(34)25(4)38(44)39(46)47-7)37-24(3)26(5)41-45(37)18-9-10-29-22-30(43(6)42-29)12-11-27-19-23(2)32-14-13-31(48)21-28(32)20-27/h13-16,19-22H,8-12,17-18,48H2,1-7H3. The number of fused-ring (bicyclic) bond motifs is 2. The monoisotopic (exact) mass is 681 g/mol. The number of esters is 1. The molecule has 250 valence electrons. The summed E-state index contributed by atoms with van der Waals surface area (Å²) in [6, 6.07) is 17.4. The second kappa shape index (κ2) is 13.9. The van der Waals surface area contributed by atoms with E-state index in [2.05, 4.69) is 75.7 Å². The Balaban J connectivity index is 1.23. The van der Waals surface area contributed by atoms with Crippen molar-refractivity contribution >= 4 is 53.8 Å². The van der Waals surface area contributed by atoms with Gasteiger partial charge in [-0.3, -0.25) is 9.36 Å². The summed E-state index contributed by atoms with van der Waals surface area (Å²) in [5, 5.41) is 15.3. The summed E-state index contributed by atoms with van der Waals surface area (Å²) in [7, 11) is 6.28. The molecule has 0 N–H and O–H groups in total. The molecule has 0 fully saturated rings. The molecule has 6 aromatic rings. The molecule has 48 heavy (non-hydrogen) atoms. The van der Waals surface area contributed by atoms with Crippen LogP contribution in [0.2, 0.25) is 5.02 Å². The fraction of sp³-hybridized carbons (Fsp3) is 0.359. The molecule has 7 nitrogen and oxygen atoms in total. The van der Waals surface area contributed by atoms with Crippen molar-refractivity contribution in [2.45, 2.75) is 79.8 Å². The van der Waals surface area contributed by atoms with Crippen molar-refractivity contribution in [3.63, 3.8) is 0 Å². The first kappa shape index (κ1) is 34.0. The molecule has 3 aromatic heterocycles. The minimum atomic E-state index is -0.336. The summed E-state index contributed by atoms with van der Waals surface area (Å²) >= 11 is 7.00. The smallest absolute Gasteiger partial charge is 0.354 e. The Kier molecular flexibility index (Phi) is 9.83. The lowest BCUT2D eigenvalue weighted by atomic mass is 9.99. The predicted molar refractivity (Wildman–Crippen MR) is 201 cm³/mol. The fourth-order valence-electron chi connectivity index (χ4n) is 7.22. The molecule has 0 aliphatic heterocycles. The van der Waals surface area contributed by atoms with Gasteiger partial charge in [0.15, 0.2) is 0 Å². The summed E-state index contributed by atoms with van der Waals surface area (Å²) in [5.41, 5.74) is 11.4. The Morgan fingerprint density at radius 1 is 0.938 bits per heavy atom. The van der Waals surface area contributed by atoms with Gasteiger partial charge < -0.3 is 9.30 Å². The van der Waals surface area contributed by atoms with Crippen LogP contribution >= 0.6 is 20.8 Å². The molecule has 0 bridgehead atoms. The summed E-state index contributed by atoms with van der Waals surface area (Å²) in [6.07, 6.45) is 4.51. The minimum Gasteiger partial charge on any atom is -0.464 e. The number of rotatable bonds is 11. The maximum Gasteiger partial charge on any atom is 0.354 e. The lowest BCUT2D eigenvalue weighted by Gasteiger charge is -2.13. The molecule has 3 heterocycles. The van der Waals surface area contributed by atoms with Crippen LogP contribution in [0, 0.1) is 27.7 Å². The Labute approximate surface area is 290 Å². The fourth-order valence-corrected chi connectivity index (χ4v) is 7.74. The number of aromatic nitrogens is 5. The number of carbonyl (C=O) groups is 1. The van der Waals surface area contributed by atoms with Crippen molar-refractivity contribution in [3.05, 3.63) is 98.6 Å². The average Bonchev–Trinajstić information content (AvgIpc) is 3.65. The number of aryl methyl sites for hydroxylation is 9. The summed E-state index contributed by atoms with van der Waals surface area (Å²) < 4.78 is 11.4. The number of hydrogen-bond acceptors (Lipinski definition) is 4. The molecular formula is C39H45ClN5O2P. The number of carbonyl (C=O) groups excluding carboxylic acids is 1. The van der Waals surface area contributed by atoms with Crippen LogP contribution < -0.4 is 5.30 Å². The zero-order valence-corrected chi connectivity index (χ0v) is 31.0. The van der Waals surface area contributed by atoms with Gasteiger partial charge in [-0.05, 0) is 122 Å². The molecule has 1 atom stereocenters. The second-order valence-corrected chi connectivity index (χ2v) is 14.0. The quantitative estimate of drug-likeness (QED) is 0.102. The van der Waals surface area contributed by atoms with Crippen molar-refractivity contribution in [3.8, 4) is 11.3 Å². The zero-order chi connectivity index (χ0) is 34.3. The highest BCUT2D eigenvalue weighted by Gasteiger charge is 2.27. The topological polar surface area (TPSA) is 66.9 Å². The van der Waals surface area contributed by atoms with Gasteiger partial charge in [0.1, 0.15) is 5.69 Å². The van der Waals surface area contributed by atoms with Crippen molar-refractivity contribution in [2.75, 3.05) is 7.11 Å². The lowest BCUT2D eigenvalue weighted by molar-refractivity contribution is 0.0588. The highest BCUT2D eigenvalue weighted by Crippen LogP contribution is 2.41. The maximum atomic E-state index is 13.0. The van der Waals surface area contributed by atoms with Crippen molar-refractivity contribution in [2.24, 2.45) is 7.05 Å². The van der Waals surface area contributed by atoms with E-state index in [0.29, 0.717) is 17.3 Å². The third kappa shape index (κ3) is 6.31. The minimum absolute atomic E-state index is 0.336. The molecule has 1 unspecified atom stereocenters. The molecule has 0 saturated heterocycles. The molecular weight excluding hydrogens is 637 g/mol. The molecule has 0 radical (unpaired) electrons. The first-order chi connectivity index (χ1) is 23.0. The van der Waals surface area contributed by atoms with Gasteiger partial charge in [0, 0.05) is 42.3 Å². The van der Waals surface area contributed by atoms with E-state index < -0.39 is 0 Å². The van der Waals surface area contributed by atoms with Crippen LogP contribution in [0.25, 0.3) is 32.9 Å². The van der Waals surface area contributed by atoms with Crippen LogP contribution in [-0.2, 0) is 44.1 Å². The van der Waals surface area contributed by atoms with Crippen molar-refractivity contribution < 1.29 is 9.53 Å². The molecule has 9 heteroatoms. The van der Waals surface area contributed by atoms with Crippen LogP contribution in [0.4, 0.5) is 0 Å². The zero-order valence-electron chi connectivity index (χ0n) is 29.1. The van der Waals surface area contributed by atoms with E-state index in [1.165, 1.54) is 40.0 Å². The number of hydrogen-bond donors (Lipinski definition) is 0. The van der Waals surface area contributed by atoms with E-state index in [4.69, 9.17) is 26.5 Å². The van der Waals surface area contributed by atoms with E-state index in [9.17, 15) is 4.79 Å². The third-order valence-corrected chi connectivity index (χ3v) is 10.3. The summed E-state index contributed by atoms with van der Waals surface area (Å²) in [4.78, 5) is 13.0. The Morgan fingerprint density at radius 2 is 1.73 bits per heavy atom. The summed E-state index contributed by atoms with van der Waals surface area (Å²) in [6.45, 7) is 11.9. The van der Waals surface area contributed by atoms with Gasteiger partial charge in [-0.25, -0.2) is 4.79 Å². The maximum absolute atomic E-state index is 13.0. The Morgan fingerprint density at radius 3 is 2.48 bits per heavy atom.